The Hall–Kier alpha value is -2.69. The molecule has 0 atom stereocenters. The van der Waals surface area contributed by atoms with Crippen molar-refractivity contribution in [1.29, 1.82) is 0 Å². The van der Waals surface area contributed by atoms with E-state index in [1.165, 1.54) is 0 Å². The van der Waals surface area contributed by atoms with Gasteiger partial charge in [0.15, 0.2) is 11.5 Å². The SMILES string of the molecule is Cc1cccc(OCCN(C)C(=O)CCc2ccc3c(c2)OCCO3)c1. The van der Waals surface area contributed by atoms with Crippen molar-refractivity contribution in [1.82, 2.24) is 4.90 Å². The molecular formula is C21H25NO4. The van der Waals surface area contributed by atoms with Gasteiger partial charge in [0.2, 0.25) is 5.91 Å². The minimum atomic E-state index is 0.104. The number of nitrogens with zero attached hydrogens (tertiary/aromatic N) is 1. The summed E-state index contributed by atoms with van der Waals surface area (Å²) in [6.07, 6.45) is 1.14. The number of aryl methyl sites for hydroxylation is 2. The molecule has 0 N–H and O–H groups in total. The molecule has 0 saturated carbocycles. The van der Waals surface area contributed by atoms with E-state index in [0.717, 1.165) is 28.4 Å². The zero-order chi connectivity index (χ0) is 18.4. The van der Waals surface area contributed by atoms with Crippen LogP contribution in [0.3, 0.4) is 0 Å². The first kappa shape index (κ1) is 18.1. The predicted octanol–water partition coefficient (Wildman–Crippen LogP) is 3.24. The summed E-state index contributed by atoms with van der Waals surface area (Å²) in [5, 5.41) is 0. The summed E-state index contributed by atoms with van der Waals surface area (Å²) in [6, 6.07) is 13.8. The lowest BCUT2D eigenvalue weighted by Gasteiger charge is -2.19. The van der Waals surface area contributed by atoms with Gasteiger partial charge in [0.05, 0.1) is 6.54 Å². The minimum absolute atomic E-state index is 0.104. The normalized spacial score (nSPS) is 12.5. The Morgan fingerprint density at radius 3 is 2.73 bits per heavy atom. The van der Waals surface area contributed by atoms with Crippen LogP contribution in [0.1, 0.15) is 17.5 Å². The smallest absolute Gasteiger partial charge is 0.222 e. The van der Waals surface area contributed by atoms with E-state index in [4.69, 9.17) is 14.2 Å². The molecule has 3 rings (SSSR count). The molecule has 0 spiro atoms. The number of likely N-dealkylation sites (N-methyl/N-ethyl adjacent to an activating group) is 1. The van der Waals surface area contributed by atoms with Crippen molar-refractivity contribution in [3.8, 4) is 17.2 Å². The Balaban J connectivity index is 1.42. The Morgan fingerprint density at radius 2 is 1.92 bits per heavy atom. The van der Waals surface area contributed by atoms with Crippen LogP contribution in [0.5, 0.6) is 17.2 Å². The van der Waals surface area contributed by atoms with Crippen LogP contribution in [0.25, 0.3) is 0 Å². The summed E-state index contributed by atoms with van der Waals surface area (Å²) in [5.41, 5.74) is 2.23. The number of hydrogen-bond acceptors (Lipinski definition) is 4. The van der Waals surface area contributed by atoms with Gasteiger partial charge in [0, 0.05) is 13.5 Å². The van der Waals surface area contributed by atoms with E-state index >= 15 is 0 Å². The van der Waals surface area contributed by atoms with Crippen LogP contribution >= 0.6 is 0 Å². The Morgan fingerprint density at radius 1 is 1.12 bits per heavy atom. The molecule has 26 heavy (non-hydrogen) atoms. The molecule has 0 radical (unpaired) electrons. The molecule has 1 aliphatic heterocycles. The predicted molar refractivity (Wildman–Crippen MR) is 100 cm³/mol. The number of ether oxygens (including phenoxy) is 3. The average molecular weight is 355 g/mol. The van der Waals surface area contributed by atoms with Crippen molar-refractivity contribution in [2.24, 2.45) is 0 Å². The fourth-order valence-electron chi connectivity index (χ4n) is 2.82. The van der Waals surface area contributed by atoms with Gasteiger partial charge < -0.3 is 19.1 Å². The van der Waals surface area contributed by atoms with Crippen molar-refractivity contribution in [3.63, 3.8) is 0 Å². The molecule has 138 valence electrons. The number of hydrogen-bond donors (Lipinski definition) is 0. The van der Waals surface area contributed by atoms with Crippen LogP contribution in [-0.4, -0.2) is 44.2 Å². The van der Waals surface area contributed by atoms with E-state index in [-0.39, 0.29) is 5.91 Å². The summed E-state index contributed by atoms with van der Waals surface area (Å²) in [5.74, 6) is 2.48. The second kappa shape index (κ2) is 8.61. The maximum Gasteiger partial charge on any atom is 0.222 e. The second-order valence-electron chi connectivity index (χ2n) is 6.46. The van der Waals surface area contributed by atoms with Crippen LogP contribution in [0, 0.1) is 6.92 Å². The zero-order valence-electron chi connectivity index (χ0n) is 15.4. The molecule has 2 aromatic carbocycles. The Labute approximate surface area is 154 Å². The van der Waals surface area contributed by atoms with Crippen LogP contribution in [-0.2, 0) is 11.2 Å². The molecule has 0 bridgehead atoms. The monoisotopic (exact) mass is 355 g/mol. The lowest BCUT2D eigenvalue weighted by molar-refractivity contribution is -0.130. The summed E-state index contributed by atoms with van der Waals surface area (Å²) < 4.78 is 16.8. The van der Waals surface area contributed by atoms with Gasteiger partial charge in [-0.25, -0.2) is 0 Å². The van der Waals surface area contributed by atoms with Gasteiger partial charge in [-0.3, -0.25) is 4.79 Å². The van der Waals surface area contributed by atoms with E-state index in [2.05, 4.69) is 0 Å². The lowest BCUT2D eigenvalue weighted by atomic mass is 10.1. The fraction of sp³-hybridized carbons (Fsp3) is 0.381. The van der Waals surface area contributed by atoms with Crippen molar-refractivity contribution in [3.05, 3.63) is 53.6 Å². The van der Waals surface area contributed by atoms with Crippen LogP contribution in [0.2, 0.25) is 0 Å². The van der Waals surface area contributed by atoms with Gasteiger partial charge in [-0.1, -0.05) is 18.2 Å². The maximum atomic E-state index is 12.3. The van der Waals surface area contributed by atoms with Crippen LogP contribution in [0.15, 0.2) is 42.5 Å². The first-order valence-corrected chi connectivity index (χ1v) is 8.94. The molecular weight excluding hydrogens is 330 g/mol. The third-order valence-electron chi connectivity index (χ3n) is 4.34. The highest BCUT2D eigenvalue weighted by Gasteiger charge is 2.13. The summed E-state index contributed by atoms with van der Waals surface area (Å²) in [7, 11) is 1.81. The quantitative estimate of drug-likeness (QED) is 0.765. The molecule has 0 unspecified atom stereocenters. The maximum absolute atomic E-state index is 12.3. The number of fused-ring (bicyclic) bond motifs is 1. The number of rotatable bonds is 7. The van der Waals surface area contributed by atoms with Crippen LogP contribution < -0.4 is 14.2 Å². The number of carbonyl (C=O) groups excluding carboxylic acids is 1. The molecule has 1 heterocycles. The van der Waals surface area contributed by atoms with Crippen molar-refractivity contribution < 1.29 is 19.0 Å². The van der Waals surface area contributed by atoms with Gasteiger partial charge >= 0.3 is 0 Å². The Bertz CT molecular complexity index is 759. The van der Waals surface area contributed by atoms with E-state index < -0.39 is 0 Å². The number of carbonyl (C=O) groups is 1. The molecule has 0 fully saturated rings. The van der Waals surface area contributed by atoms with E-state index in [1.807, 2.05) is 56.4 Å². The first-order valence-electron chi connectivity index (χ1n) is 8.94. The highest BCUT2D eigenvalue weighted by atomic mass is 16.6. The minimum Gasteiger partial charge on any atom is -0.492 e. The highest BCUT2D eigenvalue weighted by Crippen LogP contribution is 2.31. The molecule has 5 nitrogen and oxygen atoms in total. The largest absolute Gasteiger partial charge is 0.492 e. The second-order valence-corrected chi connectivity index (χ2v) is 6.46. The molecule has 5 heteroatoms. The number of amides is 1. The third kappa shape index (κ3) is 4.91. The molecule has 0 saturated heterocycles. The Kier molecular flexibility index (Phi) is 6.00. The van der Waals surface area contributed by atoms with Crippen molar-refractivity contribution >= 4 is 5.91 Å². The van der Waals surface area contributed by atoms with E-state index in [0.29, 0.717) is 39.2 Å². The van der Waals surface area contributed by atoms with Crippen molar-refractivity contribution in [2.75, 3.05) is 33.4 Å². The average Bonchev–Trinajstić information content (AvgIpc) is 2.66. The van der Waals surface area contributed by atoms with Gasteiger partial charge in [-0.05, 0) is 48.7 Å². The van der Waals surface area contributed by atoms with Crippen molar-refractivity contribution in [2.45, 2.75) is 19.8 Å². The lowest BCUT2D eigenvalue weighted by Crippen LogP contribution is -2.31. The highest BCUT2D eigenvalue weighted by molar-refractivity contribution is 5.76. The molecule has 1 aliphatic rings. The zero-order valence-corrected chi connectivity index (χ0v) is 15.4. The fourth-order valence-corrected chi connectivity index (χ4v) is 2.82. The van der Waals surface area contributed by atoms with Gasteiger partial charge in [-0.15, -0.1) is 0 Å². The molecule has 0 aliphatic carbocycles. The summed E-state index contributed by atoms with van der Waals surface area (Å²) >= 11 is 0. The summed E-state index contributed by atoms with van der Waals surface area (Å²) in [6.45, 7) is 4.23. The van der Waals surface area contributed by atoms with Crippen LogP contribution in [0.4, 0.5) is 0 Å². The van der Waals surface area contributed by atoms with E-state index in [1.54, 1.807) is 4.90 Å². The molecule has 0 aromatic heterocycles. The van der Waals surface area contributed by atoms with E-state index in [9.17, 15) is 4.79 Å². The topological polar surface area (TPSA) is 48.0 Å². The molecule has 2 aromatic rings. The molecule has 1 amide bonds. The van der Waals surface area contributed by atoms with Gasteiger partial charge in [0.1, 0.15) is 25.6 Å². The standard InChI is InChI=1S/C21H25NO4/c1-16-4-3-5-18(14-16)24-11-10-22(2)21(23)9-7-17-6-8-19-20(15-17)26-13-12-25-19/h3-6,8,14-15H,7,9-13H2,1-2H3. The third-order valence-corrected chi connectivity index (χ3v) is 4.34. The van der Waals surface area contributed by atoms with Gasteiger partial charge in [0.25, 0.3) is 0 Å². The number of benzene rings is 2. The first-order chi connectivity index (χ1) is 12.6. The van der Waals surface area contributed by atoms with Gasteiger partial charge in [-0.2, -0.15) is 0 Å². The summed E-state index contributed by atoms with van der Waals surface area (Å²) in [4.78, 5) is 14.0.